The summed E-state index contributed by atoms with van der Waals surface area (Å²) in [5.41, 5.74) is 0.602. The van der Waals surface area contributed by atoms with Crippen LogP contribution >= 0.6 is 15.9 Å². The normalized spacial score (nSPS) is 20.0. The van der Waals surface area contributed by atoms with Crippen molar-refractivity contribution >= 4 is 21.8 Å². The Balaban J connectivity index is 1.88. The molecule has 0 spiro atoms. The number of likely N-dealkylation sites (tertiary alicyclic amines) is 1. The Morgan fingerprint density at radius 1 is 1.61 bits per heavy atom. The number of amides is 1. The lowest BCUT2D eigenvalue weighted by Gasteiger charge is -2.22. The smallest absolute Gasteiger partial charge is 0.252 e. The monoisotopic (exact) mass is 311 g/mol. The van der Waals surface area contributed by atoms with Gasteiger partial charge in [-0.05, 0) is 47.9 Å². The molecule has 0 unspecified atom stereocenters. The van der Waals surface area contributed by atoms with E-state index in [1.165, 1.54) is 12.8 Å². The van der Waals surface area contributed by atoms with Gasteiger partial charge in [0.15, 0.2) is 0 Å². The van der Waals surface area contributed by atoms with Crippen LogP contribution in [0.25, 0.3) is 0 Å². The number of hydrogen-bond acceptors (Lipinski definition) is 3. The van der Waals surface area contributed by atoms with Gasteiger partial charge in [0.1, 0.15) is 0 Å². The van der Waals surface area contributed by atoms with Crippen LogP contribution in [-0.2, 0) is 0 Å². The van der Waals surface area contributed by atoms with Crippen molar-refractivity contribution in [2.75, 3.05) is 19.6 Å². The fourth-order valence-corrected chi connectivity index (χ4v) is 2.76. The Labute approximate surface area is 116 Å². The second-order valence-electron chi connectivity index (χ2n) is 4.53. The fourth-order valence-electron chi connectivity index (χ4n) is 2.39. The minimum Gasteiger partial charge on any atom is -0.350 e. The van der Waals surface area contributed by atoms with E-state index in [-0.39, 0.29) is 5.91 Å². The average molecular weight is 312 g/mol. The molecule has 1 aromatic rings. The van der Waals surface area contributed by atoms with Gasteiger partial charge in [-0.2, -0.15) is 0 Å². The summed E-state index contributed by atoms with van der Waals surface area (Å²) in [6.07, 6.45) is 5.66. The number of halogens is 1. The van der Waals surface area contributed by atoms with E-state index in [1.54, 1.807) is 18.5 Å². The quantitative estimate of drug-likeness (QED) is 0.925. The highest BCUT2D eigenvalue weighted by atomic mass is 79.9. The second kappa shape index (κ2) is 6.29. The first-order chi connectivity index (χ1) is 8.70. The summed E-state index contributed by atoms with van der Waals surface area (Å²) < 4.78 is 0.825. The zero-order valence-corrected chi connectivity index (χ0v) is 12.1. The maximum atomic E-state index is 12.0. The van der Waals surface area contributed by atoms with Crippen LogP contribution in [0, 0.1) is 0 Å². The van der Waals surface area contributed by atoms with Crippen LogP contribution in [0.1, 0.15) is 30.1 Å². The molecule has 0 aliphatic carbocycles. The maximum Gasteiger partial charge on any atom is 0.252 e. The number of nitrogens with zero attached hydrogens (tertiary/aromatic N) is 2. The zero-order chi connectivity index (χ0) is 13.0. The van der Waals surface area contributed by atoms with Crippen LogP contribution in [0.3, 0.4) is 0 Å². The van der Waals surface area contributed by atoms with Gasteiger partial charge in [-0.15, -0.1) is 0 Å². The van der Waals surface area contributed by atoms with Crippen molar-refractivity contribution < 1.29 is 4.79 Å². The minimum absolute atomic E-state index is 0.0493. The van der Waals surface area contributed by atoms with Crippen molar-refractivity contribution in [3.63, 3.8) is 0 Å². The van der Waals surface area contributed by atoms with E-state index in [0.717, 1.165) is 24.1 Å². The number of hydrogen-bond donors (Lipinski definition) is 1. The minimum atomic E-state index is -0.0493. The molecule has 18 heavy (non-hydrogen) atoms. The molecule has 0 bridgehead atoms. The lowest BCUT2D eigenvalue weighted by Crippen LogP contribution is -2.40. The highest BCUT2D eigenvalue weighted by Gasteiger charge is 2.23. The third kappa shape index (κ3) is 3.29. The molecule has 98 valence electrons. The molecule has 1 atom stereocenters. The maximum absolute atomic E-state index is 12.0. The van der Waals surface area contributed by atoms with Crippen molar-refractivity contribution in [2.45, 2.75) is 25.8 Å². The van der Waals surface area contributed by atoms with Gasteiger partial charge >= 0.3 is 0 Å². The first-order valence-corrected chi connectivity index (χ1v) is 7.13. The van der Waals surface area contributed by atoms with Gasteiger partial charge in [-0.3, -0.25) is 14.7 Å². The fraction of sp³-hybridized carbons (Fsp3) is 0.538. The third-order valence-corrected chi connectivity index (χ3v) is 3.80. The Hall–Kier alpha value is -0.940. The highest BCUT2D eigenvalue weighted by molar-refractivity contribution is 9.10. The van der Waals surface area contributed by atoms with Gasteiger partial charge in [0.25, 0.3) is 5.91 Å². The number of nitrogens with one attached hydrogen (secondary N) is 1. The Morgan fingerprint density at radius 3 is 3.17 bits per heavy atom. The standard InChI is InChI=1S/C13H18BrN3O/c1-2-17-5-3-4-12(17)9-16-13(18)10-6-11(14)8-15-7-10/h6-8,12H,2-5,9H2,1H3,(H,16,18)/t12-/m1/s1. The SMILES string of the molecule is CCN1CCC[C@@H]1CNC(=O)c1cncc(Br)c1. The molecule has 1 amide bonds. The van der Waals surface area contributed by atoms with E-state index >= 15 is 0 Å². The molecule has 0 aromatic carbocycles. The number of rotatable bonds is 4. The molecule has 1 fully saturated rings. The highest BCUT2D eigenvalue weighted by Crippen LogP contribution is 2.16. The summed E-state index contributed by atoms with van der Waals surface area (Å²) in [4.78, 5) is 18.4. The van der Waals surface area contributed by atoms with Gasteiger partial charge in [0.05, 0.1) is 5.56 Å². The Kier molecular flexibility index (Phi) is 4.72. The number of likely N-dealkylation sites (N-methyl/N-ethyl adjacent to an activating group) is 1. The first-order valence-electron chi connectivity index (χ1n) is 6.33. The molecule has 2 heterocycles. The Bertz CT molecular complexity index is 424. The van der Waals surface area contributed by atoms with Crippen molar-refractivity contribution in [3.8, 4) is 0 Å². The summed E-state index contributed by atoms with van der Waals surface area (Å²) in [5, 5.41) is 2.99. The lowest BCUT2D eigenvalue weighted by molar-refractivity contribution is 0.0941. The van der Waals surface area contributed by atoms with Crippen LogP contribution in [0.2, 0.25) is 0 Å². The van der Waals surface area contributed by atoms with Crippen LogP contribution in [0.15, 0.2) is 22.9 Å². The van der Waals surface area contributed by atoms with E-state index in [0.29, 0.717) is 11.6 Å². The average Bonchev–Trinajstić information content (AvgIpc) is 2.83. The summed E-state index contributed by atoms with van der Waals surface area (Å²) in [5.74, 6) is -0.0493. The summed E-state index contributed by atoms with van der Waals surface area (Å²) in [6, 6.07) is 2.27. The third-order valence-electron chi connectivity index (χ3n) is 3.37. The molecule has 1 aromatic heterocycles. The molecule has 1 N–H and O–H groups in total. The van der Waals surface area contributed by atoms with Gasteiger partial charge < -0.3 is 5.32 Å². The molecule has 0 radical (unpaired) electrons. The molecule has 0 saturated carbocycles. The van der Waals surface area contributed by atoms with Crippen molar-refractivity contribution in [2.24, 2.45) is 0 Å². The predicted molar refractivity (Wildman–Crippen MR) is 74.5 cm³/mol. The van der Waals surface area contributed by atoms with E-state index < -0.39 is 0 Å². The van der Waals surface area contributed by atoms with Gasteiger partial charge in [0, 0.05) is 29.5 Å². The summed E-state index contributed by atoms with van der Waals surface area (Å²) in [7, 11) is 0. The van der Waals surface area contributed by atoms with Crippen molar-refractivity contribution in [3.05, 3.63) is 28.5 Å². The number of carbonyl (C=O) groups is 1. The van der Waals surface area contributed by atoms with Gasteiger partial charge in [-0.1, -0.05) is 6.92 Å². The molecule has 1 aliphatic heterocycles. The van der Waals surface area contributed by atoms with Gasteiger partial charge in [-0.25, -0.2) is 0 Å². The van der Waals surface area contributed by atoms with Gasteiger partial charge in [0.2, 0.25) is 0 Å². The van der Waals surface area contributed by atoms with Crippen LogP contribution < -0.4 is 5.32 Å². The second-order valence-corrected chi connectivity index (χ2v) is 5.44. The Morgan fingerprint density at radius 2 is 2.44 bits per heavy atom. The van der Waals surface area contributed by atoms with E-state index in [2.05, 4.69) is 38.1 Å². The molecular weight excluding hydrogens is 294 g/mol. The van der Waals surface area contributed by atoms with Crippen molar-refractivity contribution in [1.29, 1.82) is 0 Å². The number of pyridine rings is 1. The van der Waals surface area contributed by atoms with Crippen molar-refractivity contribution in [1.82, 2.24) is 15.2 Å². The van der Waals surface area contributed by atoms with E-state index in [4.69, 9.17) is 0 Å². The summed E-state index contributed by atoms with van der Waals surface area (Å²) in [6.45, 7) is 5.09. The molecule has 4 nitrogen and oxygen atoms in total. The summed E-state index contributed by atoms with van der Waals surface area (Å²) >= 11 is 3.32. The number of carbonyl (C=O) groups excluding carboxylic acids is 1. The molecule has 2 rings (SSSR count). The van der Waals surface area contributed by atoms with Crippen LogP contribution in [0.4, 0.5) is 0 Å². The zero-order valence-electron chi connectivity index (χ0n) is 10.5. The predicted octanol–water partition coefficient (Wildman–Crippen LogP) is 2.06. The van der Waals surface area contributed by atoms with E-state index in [1.807, 2.05) is 0 Å². The van der Waals surface area contributed by atoms with E-state index in [9.17, 15) is 4.79 Å². The largest absolute Gasteiger partial charge is 0.350 e. The molecule has 1 saturated heterocycles. The first kappa shape index (κ1) is 13.5. The molecule has 5 heteroatoms. The number of aromatic nitrogens is 1. The van der Waals surface area contributed by atoms with Crippen LogP contribution in [0.5, 0.6) is 0 Å². The molecular formula is C13H18BrN3O. The molecule has 1 aliphatic rings. The lowest BCUT2D eigenvalue weighted by atomic mass is 10.2. The topological polar surface area (TPSA) is 45.2 Å². The van der Waals surface area contributed by atoms with Crippen LogP contribution in [-0.4, -0.2) is 41.5 Å².